The summed E-state index contributed by atoms with van der Waals surface area (Å²) in [6, 6.07) is 30.1. The van der Waals surface area contributed by atoms with Gasteiger partial charge in [0.2, 0.25) is 0 Å². The van der Waals surface area contributed by atoms with Gasteiger partial charge in [0.1, 0.15) is 23.0 Å². The average molecular weight is 519 g/mol. The smallest absolute Gasteiger partial charge is 0.120 e. The number of aromatic hydroxyl groups is 2. The van der Waals surface area contributed by atoms with Crippen molar-refractivity contribution >= 4 is 0 Å². The number of methoxy groups -OCH3 is 2. The van der Waals surface area contributed by atoms with Crippen LogP contribution in [0.3, 0.4) is 0 Å². The average Bonchev–Trinajstić information content (AvgIpc) is 2.97. The van der Waals surface area contributed by atoms with Crippen LogP contribution in [0.5, 0.6) is 23.0 Å². The Morgan fingerprint density at radius 3 is 1.53 bits per heavy atom. The molecule has 4 rings (SSSR count). The number of benzene rings is 4. The Balaban J connectivity index is 0.000000505. The van der Waals surface area contributed by atoms with Gasteiger partial charge >= 0.3 is 0 Å². The van der Waals surface area contributed by atoms with Crippen LogP contribution in [0.15, 0.2) is 97.1 Å². The van der Waals surface area contributed by atoms with Crippen molar-refractivity contribution in [3.63, 3.8) is 0 Å². The number of phenols is 2. The molecule has 0 fully saturated rings. The molecule has 0 amide bonds. The van der Waals surface area contributed by atoms with E-state index >= 15 is 0 Å². The van der Waals surface area contributed by atoms with Gasteiger partial charge in [0.25, 0.3) is 0 Å². The molecule has 0 aliphatic rings. The topological polar surface area (TPSA) is 109 Å². The van der Waals surface area contributed by atoms with Crippen LogP contribution in [0.4, 0.5) is 0 Å². The van der Waals surface area contributed by atoms with E-state index in [2.05, 4.69) is 4.74 Å². The lowest BCUT2D eigenvalue weighted by Gasteiger charge is -2.37. The number of rotatable bonds is 10. The van der Waals surface area contributed by atoms with Gasteiger partial charge in [-0.05, 0) is 59.2 Å². The van der Waals surface area contributed by atoms with E-state index in [9.17, 15) is 10.2 Å². The zero-order chi connectivity index (χ0) is 27.4. The van der Waals surface area contributed by atoms with Crippen molar-refractivity contribution in [3.05, 3.63) is 119 Å². The van der Waals surface area contributed by atoms with Crippen molar-refractivity contribution in [3.8, 4) is 23.0 Å². The second-order valence-corrected chi connectivity index (χ2v) is 8.33. The summed E-state index contributed by atoms with van der Waals surface area (Å²) < 4.78 is 15.4. The molecule has 0 aliphatic heterocycles. The number of hydrogen-bond donors (Lipinski definition) is 4. The summed E-state index contributed by atoms with van der Waals surface area (Å²) in [5.74, 6) is 1.64. The lowest BCUT2D eigenvalue weighted by Crippen LogP contribution is -2.31. The molecule has 0 saturated heterocycles. The van der Waals surface area contributed by atoms with Crippen molar-refractivity contribution in [1.82, 2.24) is 0 Å². The minimum absolute atomic E-state index is 0.0278. The third-order valence-electron chi connectivity index (χ3n) is 6.11. The van der Waals surface area contributed by atoms with Crippen LogP contribution >= 0.6 is 0 Å². The first-order valence-electron chi connectivity index (χ1n) is 12.2. The third-order valence-corrected chi connectivity index (χ3v) is 6.11. The van der Waals surface area contributed by atoms with E-state index in [0.29, 0.717) is 18.8 Å². The fourth-order valence-electron chi connectivity index (χ4n) is 4.39. The Hall–Kier alpha value is -4.04. The fraction of sp³-hybridized carbons (Fsp3) is 0.226. The standard InChI is InChI=1S/C27H24O4.C4H10O3/c1-30-23-13-8-20(9-14-23)27(19-6-4-3-5-7-19,21-10-15-24(31-2)16-11-21)25-18-22(28)12-17-26(25)29;5-1-3-7-4-2-6/h3-18,28-29H,1-2H3;5-6H,1-4H2. The largest absolute Gasteiger partial charge is 0.508 e. The van der Waals surface area contributed by atoms with Gasteiger partial charge in [0.15, 0.2) is 0 Å². The molecule has 0 atom stereocenters. The van der Waals surface area contributed by atoms with Crippen molar-refractivity contribution in [2.45, 2.75) is 5.41 Å². The Labute approximate surface area is 223 Å². The van der Waals surface area contributed by atoms with Crippen LogP contribution in [0.25, 0.3) is 0 Å². The van der Waals surface area contributed by atoms with Crippen molar-refractivity contribution in [2.24, 2.45) is 0 Å². The summed E-state index contributed by atoms with van der Waals surface area (Å²) in [4.78, 5) is 0. The highest BCUT2D eigenvalue weighted by molar-refractivity contribution is 5.64. The first kappa shape index (κ1) is 28.5. The molecule has 4 aromatic carbocycles. The number of phenolic OH excluding ortho intramolecular Hbond substituents is 2. The Morgan fingerprint density at radius 1 is 0.605 bits per heavy atom. The van der Waals surface area contributed by atoms with Crippen LogP contribution in [0.1, 0.15) is 22.3 Å². The predicted octanol–water partition coefficient (Wildman–Crippen LogP) is 4.49. The summed E-state index contributed by atoms with van der Waals surface area (Å²) in [5.41, 5.74) is 2.49. The third kappa shape index (κ3) is 6.44. The molecule has 0 unspecified atom stereocenters. The van der Waals surface area contributed by atoms with E-state index in [1.54, 1.807) is 20.3 Å². The van der Waals surface area contributed by atoms with Crippen molar-refractivity contribution in [1.29, 1.82) is 0 Å². The summed E-state index contributed by atoms with van der Waals surface area (Å²) in [5, 5.41) is 37.5. The Morgan fingerprint density at radius 2 is 1.08 bits per heavy atom. The van der Waals surface area contributed by atoms with Gasteiger partial charge in [-0.1, -0.05) is 54.6 Å². The van der Waals surface area contributed by atoms with Gasteiger partial charge < -0.3 is 34.6 Å². The minimum Gasteiger partial charge on any atom is -0.508 e. The lowest BCUT2D eigenvalue weighted by atomic mass is 9.65. The molecule has 0 radical (unpaired) electrons. The van der Waals surface area contributed by atoms with Crippen molar-refractivity contribution in [2.75, 3.05) is 40.6 Å². The van der Waals surface area contributed by atoms with E-state index in [-0.39, 0.29) is 24.7 Å². The molecule has 200 valence electrons. The highest BCUT2D eigenvalue weighted by Crippen LogP contribution is 2.49. The number of aliphatic hydroxyl groups excluding tert-OH is 2. The van der Waals surface area contributed by atoms with E-state index in [1.165, 1.54) is 12.1 Å². The van der Waals surface area contributed by atoms with Crippen LogP contribution in [-0.2, 0) is 10.2 Å². The molecule has 4 aromatic rings. The molecular weight excluding hydrogens is 484 g/mol. The highest BCUT2D eigenvalue weighted by atomic mass is 16.5. The lowest BCUT2D eigenvalue weighted by molar-refractivity contribution is 0.0650. The van der Waals surface area contributed by atoms with E-state index in [1.807, 2.05) is 78.9 Å². The molecule has 7 nitrogen and oxygen atoms in total. The van der Waals surface area contributed by atoms with Gasteiger partial charge in [-0.3, -0.25) is 0 Å². The first-order valence-corrected chi connectivity index (χ1v) is 12.2. The second-order valence-electron chi connectivity index (χ2n) is 8.33. The SMILES string of the molecule is COc1ccc(C(c2ccccc2)(c2ccc(OC)cc2)c2cc(O)ccc2O)cc1.OCCOCCO. The first-order chi connectivity index (χ1) is 18.5. The van der Waals surface area contributed by atoms with Gasteiger partial charge in [-0.15, -0.1) is 0 Å². The summed E-state index contributed by atoms with van der Waals surface area (Å²) >= 11 is 0. The maximum Gasteiger partial charge on any atom is 0.120 e. The van der Waals surface area contributed by atoms with Gasteiger partial charge in [-0.2, -0.15) is 0 Å². The molecule has 0 bridgehead atoms. The summed E-state index contributed by atoms with van der Waals surface area (Å²) in [6.07, 6.45) is 0. The van der Waals surface area contributed by atoms with E-state index < -0.39 is 5.41 Å². The van der Waals surface area contributed by atoms with Crippen molar-refractivity contribution < 1.29 is 34.6 Å². The van der Waals surface area contributed by atoms with Crippen LogP contribution in [-0.4, -0.2) is 61.1 Å². The molecule has 0 aromatic heterocycles. The summed E-state index contributed by atoms with van der Waals surface area (Å²) in [7, 11) is 3.26. The highest BCUT2D eigenvalue weighted by Gasteiger charge is 2.40. The quantitative estimate of drug-likeness (QED) is 0.139. The van der Waals surface area contributed by atoms with Crippen LogP contribution in [0.2, 0.25) is 0 Å². The zero-order valence-electron chi connectivity index (χ0n) is 21.6. The Kier molecular flexibility index (Phi) is 10.5. The molecule has 0 heterocycles. The van der Waals surface area contributed by atoms with Crippen LogP contribution in [0, 0.1) is 0 Å². The zero-order valence-corrected chi connectivity index (χ0v) is 21.6. The maximum absolute atomic E-state index is 11.0. The molecular formula is C31H34O7. The predicted molar refractivity (Wildman–Crippen MR) is 146 cm³/mol. The number of aliphatic hydroxyl groups is 2. The normalized spacial score (nSPS) is 10.8. The second kappa shape index (κ2) is 14.0. The van der Waals surface area contributed by atoms with Gasteiger partial charge in [-0.25, -0.2) is 0 Å². The molecule has 0 aliphatic carbocycles. The molecule has 7 heteroatoms. The minimum atomic E-state index is -0.886. The van der Waals surface area contributed by atoms with Crippen LogP contribution < -0.4 is 9.47 Å². The number of hydrogen-bond acceptors (Lipinski definition) is 7. The summed E-state index contributed by atoms with van der Waals surface area (Å²) in [6.45, 7) is 0.696. The molecule has 0 saturated carbocycles. The molecule has 38 heavy (non-hydrogen) atoms. The molecule has 0 spiro atoms. The van der Waals surface area contributed by atoms with E-state index in [4.69, 9.17) is 19.7 Å². The van der Waals surface area contributed by atoms with Gasteiger partial charge in [0, 0.05) is 5.56 Å². The maximum atomic E-state index is 11.0. The molecule has 4 N–H and O–H groups in total. The Bertz CT molecular complexity index is 1190. The number of ether oxygens (including phenoxy) is 3. The van der Waals surface area contributed by atoms with E-state index in [0.717, 1.165) is 28.2 Å². The fourth-order valence-corrected chi connectivity index (χ4v) is 4.39. The monoisotopic (exact) mass is 518 g/mol. The van der Waals surface area contributed by atoms with Gasteiger partial charge in [0.05, 0.1) is 46.1 Å².